The molecule has 1 heterocycles. The molecule has 0 saturated carbocycles. The average Bonchev–Trinajstić information content (AvgIpc) is 3.16. The van der Waals surface area contributed by atoms with Gasteiger partial charge < -0.3 is 25.4 Å². The Bertz CT molecular complexity index is 1050. The highest BCUT2D eigenvalue weighted by molar-refractivity contribution is 5.94. The van der Waals surface area contributed by atoms with E-state index in [1.807, 2.05) is 48.5 Å². The number of aliphatic hydroxyl groups excluding tert-OH is 2. The summed E-state index contributed by atoms with van der Waals surface area (Å²) in [5.41, 5.74) is 1.64. The highest BCUT2D eigenvalue weighted by atomic mass is 16.5. The van der Waals surface area contributed by atoms with Gasteiger partial charge >= 0.3 is 0 Å². The molecule has 3 aromatic rings. The van der Waals surface area contributed by atoms with Gasteiger partial charge in [-0.3, -0.25) is 10.1 Å². The molecular weight excluding hydrogens is 420 g/mol. The molecule has 7 nitrogen and oxygen atoms in total. The third kappa shape index (κ3) is 5.47. The van der Waals surface area contributed by atoms with E-state index in [0.717, 1.165) is 11.1 Å². The molecule has 1 amide bonds. The lowest BCUT2D eigenvalue weighted by Gasteiger charge is -2.28. The van der Waals surface area contributed by atoms with Crippen molar-refractivity contribution in [3.8, 4) is 11.1 Å². The van der Waals surface area contributed by atoms with Crippen molar-refractivity contribution in [2.24, 2.45) is 0 Å². The quantitative estimate of drug-likeness (QED) is 0.337. The first-order valence-corrected chi connectivity index (χ1v) is 10.9. The summed E-state index contributed by atoms with van der Waals surface area (Å²) in [6, 6.07) is 26.1. The maximum absolute atomic E-state index is 12.5. The fourth-order valence-electron chi connectivity index (χ4n) is 3.87. The van der Waals surface area contributed by atoms with Crippen molar-refractivity contribution in [1.29, 1.82) is 0 Å². The Morgan fingerprint density at radius 2 is 1.58 bits per heavy atom. The van der Waals surface area contributed by atoms with Crippen LogP contribution < -0.4 is 10.6 Å². The summed E-state index contributed by atoms with van der Waals surface area (Å²) >= 11 is 0. The third-order valence-corrected chi connectivity index (χ3v) is 5.88. The van der Waals surface area contributed by atoms with Crippen molar-refractivity contribution in [1.82, 2.24) is 10.6 Å². The molecule has 4 rings (SSSR count). The first-order valence-electron chi connectivity index (χ1n) is 10.9. The largest absolute Gasteiger partial charge is 0.387 e. The van der Waals surface area contributed by atoms with E-state index in [1.165, 1.54) is 0 Å². The molecule has 1 fully saturated rings. The standard InChI is InChI=1S/C26H28N2O5/c29-23-22(33-17-26(23,32)16-28-25(31)20-9-5-2-6-10-20)15-27-24(30)21-13-11-19(12-14-21)18-7-3-1-4-8-18/h1-14,22-23,25,28-29,31-32H,15-17H2,(H,27,30)/t22-,23-,25?,26+/m1/s1. The number of carbonyl (C=O) groups excluding carboxylic acids is 1. The van der Waals surface area contributed by atoms with Gasteiger partial charge in [0.2, 0.25) is 0 Å². The van der Waals surface area contributed by atoms with Crippen LogP contribution in [0.3, 0.4) is 0 Å². The Kier molecular flexibility index (Phi) is 7.17. The fraction of sp³-hybridized carbons (Fsp3) is 0.269. The molecule has 0 aromatic heterocycles. The maximum atomic E-state index is 12.5. The molecule has 5 N–H and O–H groups in total. The molecule has 1 aliphatic rings. The Morgan fingerprint density at radius 3 is 2.24 bits per heavy atom. The van der Waals surface area contributed by atoms with Gasteiger partial charge in [-0.1, -0.05) is 72.8 Å². The van der Waals surface area contributed by atoms with Gasteiger partial charge in [0, 0.05) is 18.7 Å². The zero-order valence-electron chi connectivity index (χ0n) is 18.1. The lowest BCUT2D eigenvalue weighted by molar-refractivity contribution is -0.0556. The van der Waals surface area contributed by atoms with Crippen molar-refractivity contribution in [2.75, 3.05) is 19.7 Å². The number of carbonyl (C=O) groups is 1. The Hall–Kier alpha value is -3.07. The summed E-state index contributed by atoms with van der Waals surface area (Å²) in [5.74, 6) is -0.293. The van der Waals surface area contributed by atoms with Crippen LogP contribution >= 0.6 is 0 Å². The summed E-state index contributed by atoms with van der Waals surface area (Å²) in [5, 5.41) is 37.2. The molecule has 0 radical (unpaired) electrons. The van der Waals surface area contributed by atoms with Crippen LogP contribution in [0.1, 0.15) is 22.1 Å². The van der Waals surface area contributed by atoms with Crippen molar-refractivity contribution in [2.45, 2.75) is 24.0 Å². The Morgan fingerprint density at radius 1 is 0.970 bits per heavy atom. The molecular formula is C26H28N2O5. The minimum atomic E-state index is -1.58. The van der Waals surface area contributed by atoms with Crippen molar-refractivity contribution in [3.63, 3.8) is 0 Å². The minimum Gasteiger partial charge on any atom is -0.387 e. The Balaban J connectivity index is 1.28. The second kappa shape index (κ2) is 10.2. The Labute approximate surface area is 192 Å². The maximum Gasteiger partial charge on any atom is 0.251 e. The van der Waals surface area contributed by atoms with E-state index in [0.29, 0.717) is 11.1 Å². The summed E-state index contributed by atoms with van der Waals surface area (Å²) in [6.45, 7) is -0.144. The summed E-state index contributed by atoms with van der Waals surface area (Å²) in [6.07, 6.45) is -2.98. The van der Waals surface area contributed by atoms with Crippen LogP contribution in [-0.4, -0.2) is 58.7 Å². The molecule has 0 spiro atoms. The highest BCUT2D eigenvalue weighted by Crippen LogP contribution is 2.25. The fourth-order valence-corrected chi connectivity index (χ4v) is 3.87. The van der Waals surface area contributed by atoms with Gasteiger partial charge in [0.1, 0.15) is 24.0 Å². The zero-order chi connectivity index (χ0) is 23.3. The number of hydrogen-bond donors (Lipinski definition) is 5. The van der Waals surface area contributed by atoms with E-state index in [2.05, 4.69) is 10.6 Å². The summed E-state index contributed by atoms with van der Waals surface area (Å²) < 4.78 is 5.55. The summed E-state index contributed by atoms with van der Waals surface area (Å²) in [7, 11) is 0. The average molecular weight is 449 g/mol. The number of hydrogen-bond acceptors (Lipinski definition) is 6. The smallest absolute Gasteiger partial charge is 0.251 e. The molecule has 3 aromatic carbocycles. The second-order valence-electron chi connectivity index (χ2n) is 8.25. The van der Waals surface area contributed by atoms with Crippen molar-refractivity contribution < 1.29 is 24.9 Å². The van der Waals surface area contributed by atoms with E-state index in [-0.39, 0.29) is 25.6 Å². The lowest BCUT2D eigenvalue weighted by atomic mass is 9.96. The molecule has 1 aliphatic heterocycles. The van der Waals surface area contributed by atoms with E-state index in [1.54, 1.807) is 36.4 Å². The van der Waals surface area contributed by atoms with Gasteiger partial charge in [-0.15, -0.1) is 0 Å². The second-order valence-corrected chi connectivity index (χ2v) is 8.25. The molecule has 7 heteroatoms. The lowest BCUT2D eigenvalue weighted by Crippen LogP contribution is -2.53. The minimum absolute atomic E-state index is 0.0456. The van der Waals surface area contributed by atoms with Gasteiger partial charge in [0.25, 0.3) is 5.91 Å². The van der Waals surface area contributed by atoms with Gasteiger partial charge in [0.15, 0.2) is 0 Å². The summed E-state index contributed by atoms with van der Waals surface area (Å²) in [4.78, 5) is 12.5. The molecule has 33 heavy (non-hydrogen) atoms. The number of benzene rings is 3. The van der Waals surface area contributed by atoms with Crippen LogP contribution in [0.2, 0.25) is 0 Å². The first-order chi connectivity index (χ1) is 16.0. The van der Waals surface area contributed by atoms with Crippen LogP contribution in [-0.2, 0) is 4.74 Å². The van der Waals surface area contributed by atoms with Gasteiger partial charge in [0.05, 0.1) is 6.61 Å². The normalized spacial score (nSPS) is 23.2. The van der Waals surface area contributed by atoms with Crippen LogP contribution in [0.5, 0.6) is 0 Å². The molecule has 172 valence electrons. The molecule has 0 aliphatic carbocycles. The SMILES string of the molecule is O=C(NC[C@H]1OC[C@@](O)(CNC(O)c2ccccc2)[C@@H]1O)c1ccc(-c2ccccc2)cc1. The predicted octanol–water partition coefficient (Wildman–Crippen LogP) is 1.85. The van der Waals surface area contributed by atoms with Crippen molar-refractivity contribution >= 4 is 5.91 Å². The zero-order valence-corrected chi connectivity index (χ0v) is 18.1. The monoisotopic (exact) mass is 448 g/mol. The molecule has 4 atom stereocenters. The van der Waals surface area contributed by atoms with Crippen LogP contribution in [0, 0.1) is 0 Å². The van der Waals surface area contributed by atoms with Gasteiger partial charge in [-0.25, -0.2) is 0 Å². The van der Waals surface area contributed by atoms with E-state index in [9.17, 15) is 20.1 Å². The first kappa shape index (κ1) is 23.1. The molecule has 1 saturated heterocycles. The number of nitrogens with one attached hydrogen (secondary N) is 2. The van der Waals surface area contributed by atoms with Crippen LogP contribution in [0.4, 0.5) is 0 Å². The predicted molar refractivity (Wildman–Crippen MR) is 124 cm³/mol. The van der Waals surface area contributed by atoms with Gasteiger partial charge in [-0.05, 0) is 28.8 Å². The van der Waals surface area contributed by atoms with E-state index < -0.39 is 24.0 Å². The molecule has 1 unspecified atom stereocenters. The van der Waals surface area contributed by atoms with Crippen molar-refractivity contribution in [3.05, 3.63) is 96.1 Å². The van der Waals surface area contributed by atoms with Crippen LogP contribution in [0.15, 0.2) is 84.9 Å². The number of rotatable bonds is 8. The van der Waals surface area contributed by atoms with E-state index >= 15 is 0 Å². The number of aliphatic hydroxyl groups is 3. The third-order valence-electron chi connectivity index (χ3n) is 5.88. The number of amides is 1. The molecule has 0 bridgehead atoms. The van der Waals surface area contributed by atoms with Crippen LogP contribution in [0.25, 0.3) is 11.1 Å². The topological polar surface area (TPSA) is 111 Å². The highest BCUT2D eigenvalue weighted by Gasteiger charge is 2.47. The number of ether oxygens (including phenoxy) is 1. The van der Waals surface area contributed by atoms with Gasteiger partial charge in [-0.2, -0.15) is 0 Å². The van der Waals surface area contributed by atoms with E-state index in [4.69, 9.17) is 4.74 Å².